The number of nitrogens with two attached hydrogens (primary N) is 2. The first-order chi connectivity index (χ1) is 5.93. The Bertz CT molecular complexity index is 173. The van der Waals surface area contributed by atoms with Crippen LogP contribution in [0.1, 0.15) is 20.8 Å². The zero-order valence-electron chi connectivity index (χ0n) is 8.67. The van der Waals surface area contributed by atoms with Gasteiger partial charge >= 0.3 is 0 Å². The Balaban J connectivity index is 2.62. The number of hydrogen-bond acceptors (Lipinski definition) is 4. The molecule has 0 aromatic heterocycles. The van der Waals surface area contributed by atoms with Gasteiger partial charge in [0, 0.05) is 18.5 Å². The lowest BCUT2D eigenvalue weighted by atomic mass is 9.96. The summed E-state index contributed by atoms with van der Waals surface area (Å²) in [7, 11) is 0. The van der Waals surface area contributed by atoms with E-state index in [1.54, 1.807) is 0 Å². The zero-order valence-corrected chi connectivity index (χ0v) is 8.67. The second-order valence-corrected chi connectivity index (χ2v) is 4.72. The van der Waals surface area contributed by atoms with Crippen molar-refractivity contribution < 1.29 is 9.47 Å². The molecule has 1 fully saturated rings. The summed E-state index contributed by atoms with van der Waals surface area (Å²) in [5, 5.41) is 0. The Hall–Kier alpha value is -0.160. The smallest absolute Gasteiger partial charge is 0.163 e. The van der Waals surface area contributed by atoms with Gasteiger partial charge in [-0.25, -0.2) is 0 Å². The minimum atomic E-state index is -0.460. The van der Waals surface area contributed by atoms with Crippen molar-refractivity contribution in [3.8, 4) is 0 Å². The minimum absolute atomic E-state index is 0.0217. The van der Waals surface area contributed by atoms with Gasteiger partial charge in [-0.15, -0.1) is 0 Å². The van der Waals surface area contributed by atoms with Crippen molar-refractivity contribution in [3.05, 3.63) is 0 Å². The van der Waals surface area contributed by atoms with Crippen molar-refractivity contribution in [2.45, 2.75) is 32.7 Å². The van der Waals surface area contributed by atoms with Gasteiger partial charge in [-0.05, 0) is 0 Å². The largest absolute Gasteiger partial charge is 0.349 e. The maximum Gasteiger partial charge on any atom is 0.163 e. The molecule has 1 rings (SSSR count). The molecule has 13 heavy (non-hydrogen) atoms. The minimum Gasteiger partial charge on any atom is -0.349 e. The van der Waals surface area contributed by atoms with Crippen LogP contribution in [-0.4, -0.2) is 31.6 Å². The lowest BCUT2D eigenvalue weighted by molar-refractivity contribution is -0.142. The highest BCUT2D eigenvalue weighted by atomic mass is 16.7. The molecule has 0 aromatic rings. The zero-order chi connectivity index (χ0) is 10.1. The van der Waals surface area contributed by atoms with E-state index in [-0.39, 0.29) is 11.7 Å². The summed E-state index contributed by atoms with van der Waals surface area (Å²) >= 11 is 0. The summed E-state index contributed by atoms with van der Waals surface area (Å²) in [4.78, 5) is 0. The number of hydrogen-bond donors (Lipinski definition) is 2. The summed E-state index contributed by atoms with van der Waals surface area (Å²) < 4.78 is 11.3. The first kappa shape index (κ1) is 10.9. The Labute approximate surface area is 79.6 Å². The fraction of sp³-hybridized carbons (Fsp3) is 1.00. The molecule has 4 nitrogen and oxygen atoms in total. The molecular weight excluding hydrogens is 168 g/mol. The summed E-state index contributed by atoms with van der Waals surface area (Å²) in [6, 6.07) is 0. The van der Waals surface area contributed by atoms with Gasteiger partial charge in [0.2, 0.25) is 0 Å². The van der Waals surface area contributed by atoms with E-state index < -0.39 is 5.60 Å². The average Bonchev–Trinajstić information content (AvgIpc) is 2.48. The molecule has 0 aliphatic carbocycles. The van der Waals surface area contributed by atoms with Crippen molar-refractivity contribution in [1.82, 2.24) is 0 Å². The van der Waals surface area contributed by atoms with Crippen LogP contribution in [-0.2, 0) is 9.47 Å². The first-order valence-electron chi connectivity index (χ1n) is 4.63. The summed E-state index contributed by atoms with van der Waals surface area (Å²) in [5.74, 6) is 0. The van der Waals surface area contributed by atoms with E-state index in [9.17, 15) is 0 Å². The van der Waals surface area contributed by atoms with Crippen LogP contribution in [0.2, 0.25) is 0 Å². The Morgan fingerprint density at radius 2 is 1.85 bits per heavy atom. The van der Waals surface area contributed by atoms with Gasteiger partial charge in [0.25, 0.3) is 0 Å². The van der Waals surface area contributed by atoms with Gasteiger partial charge in [-0.1, -0.05) is 20.8 Å². The van der Waals surface area contributed by atoms with Crippen LogP contribution in [0.4, 0.5) is 0 Å². The molecule has 1 aliphatic heterocycles. The average molecular weight is 188 g/mol. The summed E-state index contributed by atoms with van der Waals surface area (Å²) in [6.45, 7) is 7.54. The maximum absolute atomic E-state index is 5.74. The molecule has 0 amide bonds. The first-order valence-corrected chi connectivity index (χ1v) is 4.63. The molecule has 1 heterocycles. The van der Waals surface area contributed by atoms with Gasteiger partial charge in [-0.2, -0.15) is 0 Å². The second kappa shape index (κ2) is 3.53. The van der Waals surface area contributed by atoms with Crippen molar-refractivity contribution in [2.24, 2.45) is 16.9 Å². The van der Waals surface area contributed by atoms with Crippen molar-refractivity contribution in [3.63, 3.8) is 0 Å². The monoisotopic (exact) mass is 188 g/mol. The predicted molar refractivity (Wildman–Crippen MR) is 51.1 cm³/mol. The third kappa shape index (κ3) is 2.20. The van der Waals surface area contributed by atoms with Crippen LogP contribution in [0.5, 0.6) is 0 Å². The van der Waals surface area contributed by atoms with Crippen LogP contribution >= 0.6 is 0 Å². The topological polar surface area (TPSA) is 70.5 Å². The summed E-state index contributed by atoms with van der Waals surface area (Å²) in [5.41, 5.74) is 10.7. The van der Waals surface area contributed by atoms with E-state index in [1.165, 1.54) is 0 Å². The third-order valence-corrected chi connectivity index (χ3v) is 2.31. The van der Waals surface area contributed by atoms with Crippen molar-refractivity contribution in [1.29, 1.82) is 0 Å². The molecule has 78 valence electrons. The van der Waals surface area contributed by atoms with Crippen molar-refractivity contribution in [2.75, 3.05) is 19.7 Å². The highest BCUT2D eigenvalue weighted by molar-refractivity contribution is 4.89. The van der Waals surface area contributed by atoms with Crippen LogP contribution < -0.4 is 11.5 Å². The standard InChI is InChI=1S/C9H20N2O2/c1-8(2,3)7-12-6-9(4-10,5-11)13-7/h7H,4-6,10-11H2,1-3H3. The SMILES string of the molecule is CC(C)(C)C1OCC(CN)(CN)O1. The van der Waals surface area contributed by atoms with Gasteiger partial charge < -0.3 is 20.9 Å². The van der Waals surface area contributed by atoms with Crippen LogP contribution in [0.15, 0.2) is 0 Å². The predicted octanol–water partition coefficient (Wildman–Crippen LogP) is 0.0616. The van der Waals surface area contributed by atoms with Crippen LogP contribution in [0.25, 0.3) is 0 Å². The molecule has 1 atom stereocenters. The maximum atomic E-state index is 5.74. The molecule has 4 N–H and O–H groups in total. The molecule has 1 aliphatic rings. The molecule has 0 saturated carbocycles. The van der Waals surface area contributed by atoms with Gasteiger partial charge in [0.1, 0.15) is 5.60 Å². The lowest BCUT2D eigenvalue weighted by Crippen LogP contribution is -2.48. The quantitative estimate of drug-likeness (QED) is 0.643. The van der Waals surface area contributed by atoms with Gasteiger partial charge in [0.15, 0.2) is 6.29 Å². The molecule has 0 spiro atoms. The fourth-order valence-corrected chi connectivity index (χ4v) is 1.25. The van der Waals surface area contributed by atoms with E-state index >= 15 is 0 Å². The summed E-state index contributed by atoms with van der Waals surface area (Å²) in [6.07, 6.45) is -0.195. The normalized spacial score (nSPS) is 27.9. The molecule has 1 saturated heterocycles. The van der Waals surface area contributed by atoms with Gasteiger partial charge in [-0.3, -0.25) is 0 Å². The molecular formula is C9H20N2O2. The highest BCUT2D eigenvalue weighted by Gasteiger charge is 2.43. The van der Waals surface area contributed by atoms with E-state index in [1.807, 2.05) is 0 Å². The van der Waals surface area contributed by atoms with Crippen LogP contribution in [0, 0.1) is 5.41 Å². The fourth-order valence-electron chi connectivity index (χ4n) is 1.25. The van der Waals surface area contributed by atoms with Crippen LogP contribution in [0.3, 0.4) is 0 Å². The van der Waals surface area contributed by atoms with E-state index in [0.29, 0.717) is 19.7 Å². The molecule has 0 bridgehead atoms. The third-order valence-electron chi connectivity index (χ3n) is 2.31. The molecule has 1 unspecified atom stereocenters. The number of ether oxygens (including phenoxy) is 2. The van der Waals surface area contributed by atoms with E-state index in [2.05, 4.69) is 20.8 Å². The lowest BCUT2D eigenvalue weighted by Gasteiger charge is -2.29. The van der Waals surface area contributed by atoms with Crippen molar-refractivity contribution >= 4 is 0 Å². The van der Waals surface area contributed by atoms with Gasteiger partial charge in [0.05, 0.1) is 6.61 Å². The molecule has 0 aromatic carbocycles. The Kier molecular flexibility index (Phi) is 2.97. The van der Waals surface area contributed by atoms with E-state index in [0.717, 1.165) is 0 Å². The Morgan fingerprint density at radius 3 is 2.08 bits per heavy atom. The highest BCUT2D eigenvalue weighted by Crippen LogP contribution is 2.32. The number of rotatable bonds is 2. The molecule has 4 heteroatoms. The Morgan fingerprint density at radius 1 is 1.31 bits per heavy atom. The molecule has 0 radical (unpaired) electrons. The van der Waals surface area contributed by atoms with E-state index in [4.69, 9.17) is 20.9 Å². The second-order valence-electron chi connectivity index (χ2n) is 4.72.